The van der Waals surface area contributed by atoms with E-state index in [-0.39, 0.29) is 17.7 Å². The molecule has 1 unspecified atom stereocenters. The van der Waals surface area contributed by atoms with Gasteiger partial charge in [0, 0.05) is 5.75 Å². The number of carbonyl (C=O) groups excluding carboxylic acids is 2. The van der Waals surface area contributed by atoms with Crippen molar-refractivity contribution in [2.24, 2.45) is 5.92 Å². The van der Waals surface area contributed by atoms with E-state index in [4.69, 9.17) is 4.74 Å². The molecule has 2 amide bonds. The molecule has 162 valence electrons. The summed E-state index contributed by atoms with van der Waals surface area (Å²) in [5.74, 6) is 0.384. The smallest absolute Gasteiger partial charge is 0.255 e. The number of thioether (sulfide) groups is 1. The molecule has 1 heterocycles. The maximum absolute atomic E-state index is 12.8. The van der Waals surface area contributed by atoms with Crippen LogP contribution in [-0.4, -0.2) is 35.2 Å². The van der Waals surface area contributed by atoms with Crippen molar-refractivity contribution in [2.75, 3.05) is 12.4 Å². The topological polar surface area (TPSA) is 93.2 Å². The lowest BCUT2D eigenvalue weighted by Crippen LogP contribution is -2.47. The lowest BCUT2D eigenvalue weighted by atomic mass is 10.0. The minimum atomic E-state index is -0.735. The van der Waals surface area contributed by atoms with Crippen LogP contribution in [0.25, 0.3) is 0 Å². The molecule has 0 bridgehead atoms. The third kappa shape index (κ3) is 6.28. The standard InChI is InChI=1S/C22H24N4O3S2/c1-14(2)18(23-19(27)16-11-7-8-12-17(16)29-3)20(28)24-21-25-26-22(31-21)30-13-15-9-5-4-6-10-15/h4-12,14,18H,13H2,1-3H3,(H,23,27)(H,24,25,28). The minimum Gasteiger partial charge on any atom is -0.496 e. The van der Waals surface area contributed by atoms with Crippen molar-refractivity contribution < 1.29 is 14.3 Å². The Morgan fingerprint density at radius 2 is 1.77 bits per heavy atom. The summed E-state index contributed by atoms with van der Waals surface area (Å²) in [6, 6.07) is 16.2. The summed E-state index contributed by atoms with van der Waals surface area (Å²) in [5.41, 5.74) is 1.56. The average Bonchev–Trinajstić information content (AvgIpc) is 3.23. The molecule has 2 N–H and O–H groups in total. The van der Waals surface area contributed by atoms with E-state index in [1.807, 2.05) is 44.2 Å². The Labute approximate surface area is 189 Å². The van der Waals surface area contributed by atoms with E-state index in [0.29, 0.717) is 16.4 Å². The zero-order valence-electron chi connectivity index (χ0n) is 17.5. The first-order valence-electron chi connectivity index (χ1n) is 9.73. The maximum Gasteiger partial charge on any atom is 0.255 e. The lowest BCUT2D eigenvalue weighted by molar-refractivity contribution is -0.118. The van der Waals surface area contributed by atoms with Crippen molar-refractivity contribution in [1.29, 1.82) is 0 Å². The number of hydrogen-bond acceptors (Lipinski definition) is 7. The normalized spacial score (nSPS) is 11.7. The van der Waals surface area contributed by atoms with Gasteiger partial charge in [0.2, 0.25) is 11.0 Å². The molecule has 1 aromatic heterocycles. The molecule has 3 rings (SSSR count). The quantitative estimate of drug-likeness (QED) is 0.370. The van der Waals surface area contributed by atoms with Crippen LogP contribution in [0, 0.1) is 5.92 Å². The van der Waals surface area contributed by atoms with Crippen LogP contribution in [-0.2, 0) is 10.5 Å². The Kier molecular flexibility index (Phi) is 8.02. The van der Waals surface area contributed by atoms with Gasteiger partial charge >= 0.3 is 0 Å². The number of nitrogens with one attached hydrogen (secondary N) is 2. The van der Waals surface area contributed by atoms with Crippen molar-refractivity contribution in [2.45, 2.75) is 30.0 Å². The van der Waals surface area contributed by atoms with Crippen molar-refractivity contribution in [3.8, 4) is 5.75 Å². The summed E-state index contributed by atoms with van der Waals surface area (Å²) in [6.07, 6.45) is 0. The highest BCUT2D eigenvalue weighted by Gasteiger charge is 2.26. The number of carbonyl (C=O) groups is 2. The highest BCUT2D eigenvalue weighted by Crippen LogP contribution is 2.28. The summed E-state index contributed by atoms with van der Waals surface area (Å²) >= 11 is 2.87. The molecule has 0 spiro atoms. The number of rotatable bonds is 9. The highest BCUT2D eigenvalue weighted by molar-refractivity contribution is 8.00. The second kappa shape index (κ2) is 10.9. The van der Waals surface area contributed by atoms with Crippen molar-refractivity contribution >= 4 is 40.0 Å². The summed E-state index contributed by atoms with van der Waals surface area (Å²) in [7, 11) is 1.50. The lowest BCUT2D eigenvalue weighted by Gasteiger charge is -2.21. The van der Waals surface area contributed by atoms with E-state index in [0.717, 1.165) is 10.1 Å². The number of aromatic nitrogens is 2. The molecule has 31 heavy (non-hydrogen) atoms. The van der Waals surface area contributed by atoms with Crippen LogP contribution in [0.1, 0.15) is 29.8 Å². The Balaban J connectivity index is 1.62. The summed E-state index contributed by atoms with van der Waals surface area (Å²) in [6.45, 7) is 3.74. The Morgan fingerprint density at radius 1 is 1.06 bits per heavy atom. The number of para-hydroxylation sites is 1. The summed E-state index contributed by atoms with van der Waals surface area (Å²) in [4.78, 5) is 25.6. The third-order valence-electron chi connectivity index (χ3n) is 4.43. The molecular weight excluding hydrogens is 432 g/mol. The Bertz CT molecular complexity index is 1020. The van der Waals surface area contributed by atoms with Crippen LogP contribution in [0.5, 0.6) is 5.75 Å². The predicted molar refractivity (Wildman–Crippen MR) is 124 cm³/mol. The predicted octanol–water partition coefficient (Wildman–Crippen LogP) is 4.23. The zero-order valence-corrected chi connectivity index (χ0v) is 19.1. The number of hydrogen-bond donors (Lipinski definition) is 2. The molecule has 0 radical (unpaired) electrons. The molecule has 0 saturated carbocycles. The number of methoxy groups -OCH3 is 1. The van der Waals surface area contributed by atoms with E-state index in [9.17, 15) is 9.59 Å². The van der Waals surface area contributed by atoms with Gasteiger partial charge in [-0.2, -0.15) is 0 Å². The summed E-state index contributed by atoms with van der Waals surface area (Å²) in [5, 5.41) is 14.2. The van der Waals surface area contributed by atoms with Crippen LogP contribution < -0.4 is 15.4 Å². The zero-order chi connectivity index (χ0) is 22.2. The van der Waals surface area contributed by atoms with Crippen LogP contribution in [0.4, 0.5) is 5.13 Å². The van der Waals surface area contributed by atoms with E-state index < -0.39 is 6.04 Å². The number of anilines is 1. The fourth-order valence-electron chi connectivity index (χ4n) is 2.81. The van der Waals surface area contributed by atoms with Crippen LogP contribution in [0.2, 0.25) is 0 Å². The first-order valence-corrected chi connectivity index (χ1v) is 11.5. The molecule has 9 heteroatoms. The monoisotopic (exact) mass is 456 g/mol. The molecule has 0 saturated heterocycles. The van der Waals surface area contributed by atoms with Crippen LogP contribution in [0.15, 0.2) is 58.9 Å². The SMILES string of the molecule is COc1ccccc1C(=O)NC(C(=O)Nc1nnc(SCc2ccccc2)s1)C(C)C. The van der Waals surface area contributed by atoms with Gasteiger partial charge in [0.15, 0.2) is 4.34 Å². The Hall–Kier alpha value is -2.91. The van der Waals surface area contributed by atoms with Gasteiger partial charge in [-0.05, 0) is 23.6 Å². The molecule has 0 aliphatic rings. The number of amides is 2. The molecule has 1 atom stereocenters. The molecule has 3 aromatic rings. The second-order valence-corrected chi connectivity index (χ2v) is 9.23. The molecule has 0 aliphatic heterocycles. The number of nitrogens with zero attached hydrogens (tertiary/aromatic N) is 2. The van der Waals surface area contributed by atoms with Crippen molar-refractivity contribution in [3.05, 3.63) is 65.7 Å². The van der Waals surface area contributed by atoms with E-state index in [2.05, 4.69) is 20.8 Å². The molecule has 2 aromatic carbocycles. The van der Waals surface area contributed by atoms with E-state index in [1.54, 1.807) is 36.0 Å². The highest BCUT2D eigenvalue weighted by atomic mass is 32.2. The average molecular weight is 457 g/mol. The maximum atomic E-state index is 12.8. The van der Waals surface area contributed by atoms with Crippen LogP contribution in [0.3, 0.4) is 0 Å². The number of benzene rings is 2. The second-order valence-electron chi connectivity index (χ2n) is 7.03. The molecule has 7 nitrogen and oxygen atoms in total. The van der Waals surface area contributed by atoms with Crippen molar-refractivity contribution in [3.63, 3.8) is 0 Å². The largest absolute Gasteiger partial charge is 0.496 e. The summed E-state index contributed by atoms with van der Waals surface area (Å²) < 4.78 is 6.00. The van der Waals surface area contributed by atoms with E-state index >= 15 is 0 Å². The minimum absolute atomic E-state index is 0.126. The van der Waals surface area contributed by atoms with Crippen molar-refractivity contribution in [1.82, 2.24) is 15.5 Å². The van der Waals surface area contributed by atoms with Gasteiger partial charge < -0.3 is 10.1 Å². The van der Waals surface area contributed by atoms with Gasteiger partial charge in [-0.15, -0.1) is 10.2 Å². The van der Waals surface area contributed by atoms with Gasteiger partial charge in [0.05, 0.1) is 12.7 Å². The third-order valence-corrected chi connectivity index (χ3v) is 6.47. The molecule has 0 fully saturated rings. The van der Waals surface area contributed by atoms with Gasteiger partial charge in [-0.1, -0.05) is 79.4 Å². The molecule has 0 aliphatic carbocycles. The van der Waals surface area contributed by atoms with Gasteiger partial charge in [-0.25, -0.2) is 0 Å². The Morgan fingerprint density at radius 3 is 2.48 bits per heavy atom. The van der Waals surface area contributed by atoms with Gasteiger partial charge in [0.1, 0.15) is 11.8 Å². The van der Waals surface area contributed by atoms with Crippen LogP contribution >= 0.6 is 23.1 Å². The van der Waals surface area contributed by atoms with Gasteiger partial charge in [0.25, 0.3) is 5.91 Å². The molecular formula is C22H24N4O3S2. The fraction of sp³-hybridized carbons (Fsp3) is 0.273. The number of ether oxygens (including phenoxy) is 1. The fourth-order valence-corrected chi connectivity index (χ4v) is 4.52. The van der Waals surface area contributed by atoms with E-state index in [1.165, 1.54) is 24.0 Å². The first kappa shape index (κ1) is 22.8. The van der Waals surface area contributed by atoms with Gasteiger partial charge in [-0.3, -0.25) is 14.9 Å². The first-order chi connectivity index (χ1) is 15.0.